The third-order valence-electron chi connectivity index (χ3n) is 4.69. The van der Waals surface area contributed by atoms with Crippen molar-refractivity contribution in [2.24, 2.45) is 0 Å². The van der Waals surface area contributed by atoms with E-state index in [9.17, 15) is 19.2 Å². The molecule has 0 amide bonds. The number of ether oxygens (including phenoxy) is 2. The van der Waals surface area contributed by atoms with Gasteiger partial charge in [0.1, 0.15) is 0 Å². The van der Waals surface area contributed by atoms with Crippen LogP contribution in [0.1, 0.15) is 34.6 Å². The Hall–Kier alpha value is -3.68. The molecule has 2 atom stereocenters. The second-order valence-corrected chi connectivity index (χ2v) is 6.55. The summed E-state index contributed by atoms with van der Waals surface area (Å²) < 4.78 is 10.8. The van der Waals surface area contributed by atoms with E-state index in [4.69, 9.17) is 9.47 Å². The maximum absolute atomic E-state index is 13.4. The van der Waals surface area contributed by atoms with Crippen LogP contribution in [0.2, 0.25) is 0 Å². The lowest BCUT2D eigenvalue weighted by Crippen LogP contribution is -2.71. The third kappa shape index (κ3) is 2.24. The Morgan fingerprint density at radius 3 is 1.39 bits per heavy atom. The number of anilines is 2. The molecular weight excluding hydrogens is 364 g/mol. The molecule has 0 aliphatic carbocycles. The van der Waals surface area contributed by atoms with Gasteiger partial charge >= 0.3 is 23.4 Å². The number of para-hydroxylation sites is 2. The first-order valence-electron chi connectivity index (χ1n) is 8.54. The van der Waals surface area contributed by atoms with Crippen molar-refractivity contribution in [2.45, 2.75) is 25.3 Å². The minimum atomic E-state index is -2.30. The summed E-state index contributed by atoms with van der Waals surface area (Å²) in [6.07, 6.45) is 0. The molecule has 28 heavy (non-hydrogen) atoms. The number of ketones is 2. The molecule has 2 unspecified atom stereocenters. The quantitative estimate of drug-likeness (QED) is 0.779. The van der Waals surface area contributed by atoms with E-state index in [2.05, 4.69) is 10.6 Å². The van der Waals surface area contributed by atoms with Gasteiger partial charge in [0.05, 0.1) is 0 Å². The zero-order valence-electron chi connectivity index (χ0n) is 15.1. The summed E-state index contributed by atoms with van der Waals surface area (Å²) in [5.41, 5.74) is -3.48. The standard InChI is InChI=1S/C20H16N2O6/c1-11(23)27-19(17(25)13-7-3-5-9-15(13)21-19)20(28-12(2)24)18(26)14-8-4-6-10-16(14)22-20/h3-10,21-22H,1-2H3. The van der Waals surface area contributed by atoms with Gasteiger partial charge in [-0.1, -0.05) is 24.3 Å². The summed E-state index contributed by atoms with van der Waals surface area (Å²) in [5.74, 6) is -3.06. The lowest BCUT2D eigenvalue weighted by atomic mass is 9.89. The fourth-order valence-corrected chi connectivity index (χ4v) is 3.67. The first-order chi connectivity index (χ1) is 13.3. The molecule has 142 valence electrons. The Morgan fingerprint density at radius 1 is 0.714 bits per heavy atom. The van der Waals surface area contributed by atoms with Crippen molar-refractivity contribution >= 4 is 34.9 Å². The van der Waals surface area contributed by atoms with Crippen LogP contribution < -0.4 is 10.6 Å². The van der Waals surface area contributed by atoms with Crippen LogP contribution in [-0.2, 0) is 19.1 Å². The molecule has 2 aliphatic heterocycles. The average molecular weight is 380 g/mol. The molecule has 2 aliphatic rings. The van der Waals surface area contributed by atoms with Crippen LogP contribution >= 0.6 is 0 Å². The Balaban J connectivity index is 1.96. The van der Waals surface area contributed by atoms with Gasteiger partial charge in [0, 0.05) is 36.3 Å². The molecule has 0 aromatic heterocycles. The third-order valence-corrected chi connectivity index (χ3v) is 4.69. The fourth-order valence-electron chi connectivity index (χ4n) is 3.67. The molecule has 8 nitrogen and oxygen atoms in total. The van der Waals surface area contributed by atoms with Crippen molar-refractivity contribution in [2.75, 3.05) is 10.6 Å². The largest absolute Gasteiger partial charge is 0.424 e. The minimum absolute atomic E-state index is 0.209. The van der Waals surface area contributed by atoms with Gasteiger partial charge in [-0.15, -0.1) is 0 Å². The van der Waals surface area contributed by atoms with E-state index < -0.39 is 35.0 Å². The van der Waals surface area contributed by atoms with Crippen molar-refractivity contribution in [3.63, 3.8) is 0 Å². The van der Waals surface area contributed by atoms with E-state index in [0.717, 1.165) is 13.8 Å². The number of esters is 2. The predicted molar refractivity (Wildman–Crippen MR) is 97.8 cm³/mol. The van der Waals surface area contributed by atoms with Crippen LogP contribution in [0.4, 0.5) is 11.4 Å². The molecule has 0 saturated carbocycles. The highest BCUT2D eigenvalue weighted by atomic mass is 16.6. The summed E-state index contributed by atoms with van der Waals surface area (Å²) >= 11 is 0. The summed E-state index contributed by atoms with van der Waals surface area (Å²) in [6, 6.07) is 12.9. The average Bonchev–Trinajstić information content (AvgIpc) is 3.09. The topological polar surface area (TPSA) is 111 Å². The highest BCUT2D eigenvalue weighted by Gasteiger charge is 2.72. The normalized spacial score (nSPS) is 24.6. The second kappa shape index (κ2) is 5.91. The second-order valence-electron chi connectivity index (χ2n) is 6.55. The number of rotatable bonds is 3. The van der Waals surface area contributed by atoms with E-state index in [0.29, 0.717) is 11.4 Å². The number of nitrogens with one attached hydrogen (secondary N) is 2. The van der Waals surface area contributed by atoms with Crippen molar-refractivity contribution in [3.8, 4) is 0 Å². The van der Waals surface area contributed by atoms with Gasteiger partial charge in [-0.05, 0) is 24.3 Å². The summed E-state index contributed by atoms with van der Waals surface area (Å²) in [4.78, 5) is 50.7. The summed E-state index contributed by atoms with van der Waals surface area (Å²) in [7, 11) is 0. The summed E-state index contributed by atoms with van der Waals surface area (Å²) in [5, 5.41) is 5.66. The van der Waals surface area contributed by atoms with E-state index in [1.165, 1.54) is 12.1 Å². The minimum Gasteiger partial charge on any atom is -0.424 e. The number of hydrogen-bond acceptors (Lipinski definition) is 8. The molecule has 0 fully saturated rings. The van der Waals surface area contributed by atoms with Crippen molar-refractivity contribution in [1.82, 2.24) is 0 Å². The molecule has 4 rings (SSSR count). The van der Waals surface area contributed by atoms with Gasteiger partial charge in [0.2, 0.25) is 11.6 Å². The highest BCUT2D eigenvalue weighted by molar-refractivity contribution is 6.23. The zero-order valence-corrected chi connectivity index (χ0v) is 15.1. The van der Waals surface area contributed by atoms with Gasteiger partial charge in [-0.3, -0.25) is 19.2 Å². The number of carbonyl (C=O) groups excluding carboxylic acids is 4. The maximum atomic E-state index is 13.4. The molecule has 2 aromatic carbocycles. The van der Waals surface area contributed by atoms with E-state index >= 15 is 0 Å². The first-order valence-corrected chi connectivity index (χ1v) is 8.54. The van der Waals surface area contributed by atoms with Crippen LogP contribution in [-0.4, -0.2) is 35.0 Å². The molecule has 2 aromatic rings. The number of benzene rings is 2. The maximum Gasteiger partial charge on any atom is 0.314 e. The Kier molecular flexibility index (Phi) is 3.74. The fraction of sp³-hybridized carbons (Fsp3) is 0.200. The van der Waals surface area contributed by atoms with Crippen LogP contribution in [0.5, 0.6) is 0 Å². The predicted octanol–water partition coefficient (Wildman–Crippen LogP) is 2.12. The molecule has 0 saturated heterocycles. The van der Waals surface area contributed by atoms with E-state index in [1.807, 2.05) is 0 Å². The Bertz CT molecular complexity index is 965. The molecule has 0 bridgehead atoms. The number of hydrogen-bond donors (Lipinski definition) is 2. The summed E-state index contributed by atoms with van der Waals surface area (Å²) in [6.45, 7) is 2.21. The number of carbonyl (C=O) groups is 4. The SMILES string of the molecule is CC(=O)OC1(C2(OC(C)=O)Nc3ccccc3C2=O)Nc2ccccc2C1=O. The highest BCUT2D eigenvalue weighted by Crippen LogP contribution is 2.47. The smallest absolute Gasteiger partial charge is 0.314 e. The van der Waals surface area contributed by atoms with Crippen molar-refractivity contribution in [1.29, 1.82) is 0 Å². The zero-order chi connectivity index (χ0) is 20.1. The van der Waals surface area contributed by atoms with Crippen molar-refractivity contribution in [3.05, 3.63) is 59.7 Å². The van der Waals surface area contributed by atoms with Crippen LogP contribution in [0.25, 0.3) is 0 Å². The van der Waals surface area contributed by atoms with Crippen molar-refractivity contribution < 1.29 is 28.7 Å². The number of Topliss-reactive ketones (excluding diaryl/α,β-unsaturated/α-hetero) is 2. The molecule has 2 N–H and O–H groups in total. The molecule has 0 spiro atoms. The Morgan fingerprint density at radius 2 is 1.07 bits per heavy atom. The van der Waals surface area contributed by atoms with Crippen LogP contribution in [0.15, 0.2) is 48.5 Å². The lowest BCUT2D eigenvalue weighted by Gasteiger charge is -2.41. The lowest BCUT2D eigenvalue weighted by molar-refractivity contribution is -0.179. The number of fused-ring (bicyclic) bond motifs is 2. The van der Waals surface area contributed by atoms with E-state index in [1.54, 1.807) is 36.4 Å². The van der Waals surface area contributed by atoms with Crippen LogP contribution in [0, 0.1) is 0 Å². The van der Waals surface area contributed by atoms with Gasteiger partial charge < -0.3 is 20.1 Å². The molecule has 2 heterocycles. The monoisotopic (exact) mass is 380 g/mol. The first kappa shape index (κ1) is 17.7. The van der Waals surface area contributed by atoms with Gasteiger partial charge in [-0.2, -0.15) is 0 Å². The van der Waals surface area contributed by atoms with E-state index in [-0.39, 0.29) is 11.1 Å². The van der Waals surface area contributed by atoms with Gasteiger partial charge in [0.25, 0.3) is 0 Å². The van der Waals surface area contributed by atoms with Gasteiger partial charge in [0.15, 0.2) is 0 Å². The van der Waals surface area contributed by atoms with Gasteiger partial charge in [-0.25, -0.2) is 0 Å². The molecular formula is C20H16N2O6. The molecule has 8 heteroatoms. The Labute approximate surface area is 159 Å². The van der Waals surface area contributed by atoms with Crippen LogP contribution in [0.3, 0.4) is 0 Å². The molecule has 0 radical (unpaired) electrons.